The molecule has 1 fully saturated rings. The van der Waals surface area contributed by atoms with Crippen LogP contribution in [0.3, 0.4) is 0 Å². The third kappa shape index (κ3) is 3.31. The second-order valence-corrected chi connectivity index (χ2v) is 6.88. The first-order chi connectivity index (χ1) is 10.3. The van der Waals surface area contributed by atoms with E-state index in [1.54, 1.807) is 20.9 Å². The quantitative estimate of drug-likeness (QED) is 0.665. The molecular weight excluding hydrogens is 304 g/mol. The van der Waals surface area contributed by atoms with Gasteiger partial charge < -0.3 is 9.47 Å². The molecule has 0 radical (unpaired) electrons. The molecule has 0 saturated carbocycles. The molecule has 2 amide bonds. The normalized spacial score (nSPS) is 21.9. The molecule has 2 rings (SSSR count). The van der Waals surface area contributed by atoms with E-state index in [1.165, 1.54) is 11.3 Å². The maximum absolute atomic E-state index is 12.4. The predicted octanol–water partition coefficient (Wildman–Crippen LogP) is 2.52. The number of nitrogens with zero attached hydrogens (tertiary/aromatic N) is 1. The number of nitrogens with one attached hydrogen (secondary N) is 1. The lowest BCUT2D eigenvalue weighted by Crippen LogP contribution is -2.64. The van der Waals surface area contributed by atoms with Gasteiger partial charge in [0.2, 0.25) is 0 Å². The molecule has 0 bridgehead atoms. The Hall–Kier alpha value is -1.44. The van der Waals surface area contributed by atoms with E-state index < -0.39 is 24.0 Å². The molecule has 1 saturated heterocycles. The van der Waals surface area contributed by atoms with Crippen LogP contribution in [0.15, 0.2) is 17.5 Å². The van der Waals surface area contributed by atoms with Gasteiger partial charge in [-0.25, -0.2) is 9.69 Å². The Balaban J connectivity index is 2.22. The van der Waals surface area contributed by atoms with Crippen LogP contribution in [-0.2, 0) is 14.3 Å². The fraction of sp³-hybridized carbons (Fsp3) is 0.600. The van der Waals surface area contributed by atoms with E-state index in [0.717, 1.165) is 9.78 Å². The highest BCUT2D eigenvalue weighted by molar-refractivity contribution is 7.10. The smallest absolute Gasteiger partial charge is 0.417 e. The second-order valence-electron chi connectivity index (χ2n) is 5.90. The van der Waals surface area contributed by atoms with Crippen molar-refractivity contribution < 1.29 is 19.1 Å². The maximum Gasteiger partial charge on any atom is 0.417 e. The predicted molar refractivity (Wildman–Crippen MR) is 83.5 cm³/mol. The number of amides is 2. The van der Waals surface area contributed by atoms with E-state index in [-0.39, 0.29) is 12.0 Å². The monoisotopic (exact) mass is 326 g/mol. The number of carbonyl (C=O) groups is 2. The van der Waals surface area contributed by atoms with E-state index in [0.29, 0.717) is 0 Å². The number of hydrogen-bond acceptors (Lipinski definition) is 6. The van der Waals surface area contributed by atoms with Crippen molar-refractivity contribution in [2.45, 2.75) is 51.7 Å². The van der Waals surface area contributed by atoms with Crippen molar-refractivity contribution in [3.63, 3.8) is 0 Å². The van der Waals surface area contributed by atoms with E-state index in [1.807, 2.05) is 31.4 Å². The first kappa shape index (κ1) is 16.9. The Labute approximate surface area is 134 Å². The van der Waals surface area contributed by atoms with Crippen molar-refractivity contribution in [3.8, 4) is 0 Å². The average molecular weight is 326 g/mol. The third-order valence-electron chi connectivity index (χ3n) is 3.44. The number of rotatable bonds is 5. The summed E-state index contributed by atoms with van der Waals surface area (Å²) in [5, 5.41) is 4.90. The molecule has 122 valence electrons. The lowest BCUT2D eigenvalue weighted by atomic mass is 9.96. The molecule has 1 aliphatic heterocycles. The van der Waals surface area contributed by atoms with E-state index in [9.17, 15) is 9.59 Å². The number of β-lactam (4-membered cyclic amide) rings is 1. The molecule has 0 aliphatic carbocycles. The average Bonchev–Trinajstić information content (AvgIpc) is 2.94. The summed E-state index contributed by atoms with van der Waals surface area (Å²) in [6.07, 6.45) is -1.60. The highest BCUT2D eigenvalue weighted by Crippen LogP contribution is 2.41. The Morgan fingerprint density at radius 3 is 2.64 bits per heavy atom. The zero-order chi connectivity index (χ0) is 16.5. The van der Waals surface area contributed by atoms with Crippen LogP contribution >= 0.6 is 11.3 Å². The fourth-order valence-corrected chi connectivity index (χ4v) is 2.99. The van der Waals surface area contributed by atoms with Gasteiger partial charge in [0, 0.05) is 4.88 Å². The molecular formula is C15H22N2O4S. The Kier molecular flexibility index (Phi) is 4.89. The number of ether oxygens (including phenoxy) is 2. The van der Waals surface area contributed by atoms with Crippen molar-refractivity contribution in [2.24, 2.45) is 0 Å². The standard InChI is InChI=1S/C15H22N2O4S/c1-9(2)20-14(19)17-11(10-7-6-8-22-10)12(13(17)18)21-15(3,4)16-5/h6-9,11-12,16H,1-5H3/t11-,12+/m0/s1. The summed E-state index contributed by atoms with van der Waals surface area (Å²) < 4.78 is 11.0. The first-order valence-electron chi connectivity index (χ1n) is 7.20. The molecule has 1 N–H and O–H groups in total. The molecule has 0 spiro atoms. The number of thiophene rings is 1. The van der Waals surface area contributed by atoms with Gasteiger partial charge in [-0.05, 0) is 46.2 Å². The van der Waals surface area contributed by atoms with E-state index in [2.05, 4.69) is 5.32 Å². The molecule has 0 unspecified atom stereocenters. The summed E-state index contributed by atoms with van der Waals surface area (Å²) in [7, 11) is 1.76. The summed E-state index contributed by atoms with van der Waals surface area (Å²) in [6.45, 7) is 7.17. The molecule has 1 aliphatic rings. The van der Waals surface area contributed by atoms with Gasteiger partial charge in [-0.1, -0.05) is 6.07 Å². The number of hydrogen-bond donors (Lipinski definition) is 1. The lowest BCUT2D eigenvalue weighted by molar-refractivity contribution is -0.191. The van der Waals surface area contributed by atoms with Crippen molar-refractivity contribution in [1.29, 1.82) is 0 Å². The molecule has 1 aromatic heterocycles. The molecule has 2 atom stereocenters. The van der Waals surface area contributed by atoms with Gasteiger partial charge >= 0.3 is 6.09 Å². The molecule has 1 aromatic rings. The zero-order valence-electron chi connectivity index (χ0n) is 13.5. The van der Waals surface area contributed by atoms with Crippen molar-refractivity contribution in [1.82, 2.24) is 10.2 Å². The van der Waals surface area contributed by atoms with Gasteiger partial charge in [0.15, 0.2) is 6.10 Å². The van der Waals surface area contributed by atoms with Crippen LogP contribution < -0.4 is 5.32 Å². The Morgan fingerprint density at radius 2 is 2.14 bits per heavy atom. The molecule has 0 aromatic carbocycles. The van der Waals surface area contributed by atoms with Crippen LogP contribution in [-0.4, -0.2) is 41.9 Å². The third-order valence-corrected chi connectivity index (χ3v) is 4.38. The van der Waals surface area contributed by atoms with Gasteiger partial charge in [-0.3, -0.25) is 10.1 Å². The topological polar surface area (TPSA) is 67.9 Å². The van der Waals surface area contributed by atoms with Crippen molar-refractivity contribution in [2.75, 3.05) is 7.05 Å². The van der Waals surface area contributed by atoms with Gasteiger partial charge in [0.1, 0.15) is 11.8 Å². The van der Waals surface area contributed by atoms with Crippen LogP contribution in [0.2, 0.25) is 0 Å². The van der Waals surface area contributed by atoms with Crippen LogP contribution in [0.4, 0.5) is 4.79 Å². The second kappa shape index (κ2) is 6.36. The summed E-state index contributed by atoms with van der Waals surface area (Å²) >= 11 is 1.48. The Morgan fingerprint density at radius 1 is 1.45 bits per heavy atom. The summed E-state index contributed by atoms with van der Waals surface area (Å²) in [5.41, 5.74) is -0.663. The van der Waals surface area contributed by atoms with E-state index in [4.69, 9.17) is 9.47 Å². The van der Waals surface area contributed by atoms with Crippen LogP contribution in [0.1, 0.15) is 38.6 Å². The van der Waals surface area contributed by atoms with Gasteiger partial charge in [0.25, 0.3) is 5.91 Å². The number of imide groups is 1. The van der Waals surface area contributed by atoms with E-state index >= 15 is 0 Å². The van der Waals surface area contributed by atoms with Crippen LogP contribution in [0, 0.1) is 0 Å². The fourth-order valence-electron chi connectivity index (χ4n) is 2.15. The van der Waals surface area contributed by atoms with Crippen LogP contribution in [0.25, 0.3) is 0 Å². The minimum atomic E-state index is -0.694. The van der Waals surface area contributed by atoms with Gasteiger partial charge in [-0.2, -0.15) is 0 Å². The van der Waals surface area contributed by atoms with Crippen molar-refractivity contribution >= 4 is 23.3 Å². The van der Waals surface area contributed by atoms with Crippen LogP contribution in [0.5, 0.6) is 0 Å². The highest BCUT2D eigenvalue weighted by Gasteiger charge is 2.55. The largest absolute Gasteiger partial charge is 0.446 e. The molecule has 2 heterocycles. The van der Waals surface area contributed by atoms with Gasteiger partial charge in [0.05, 0.1) is 6.10 Å². The molecule has 7 heteroatoms. The van der Waals surface area contributed by atoms with Crippen molar-refractivity contribution in [3.05, 3.63) is 22.4 Å². The zero-order valence-corrected chi connectivity index (χ0v) is 14.3. The highest BCUT2D eigenvalue weighted by atomic mass is 32.1. The minimum absolute atomic E-state index is 0.280. The maximum atomic E-state index is 12.4. The summed E-state index contributed by atoms with van der Waals surface area (Å²) in [5.74, 6) is -0.368. The first-order valence-corrected chi connectivity index (χ1v) is 8.08. The number of carbonyl (C=O) groups excluding carboxylic acids is 2. The van der Waals surface area contributed by atoms with Gasteiger partial charge in [-0.15, -0.1) is 11.3 Å². The SMILES string of the molecule is CNC(C)(C)O[C@H]1C(=O)N(C(=O)OC(C)C)[C@H]1c1cccs1. The lowest BCUT2D eigenvalue weighted by Gasteiger charge is -2.46. The Bertz CT molecular complexity index is 542. The minimum Gasteiger partial charge on any atom is -0.446 e. The molecule has 6 nitrogen and oxygen atoms in total. The summed E-state index contributed by atoms with van der Waals surface area (Å²) in [4.78, 5) is 26.6. The summed E-state index contributed by atoms with van der Waals surface area (Å²) in [6, 6.07) is 3.33. The molecule has 22 heavy (non-hydrogen) atoms. The number of likely N-dealkylation sites (tertiary alicyclic amines) is 1.